The first-order chi connectivity index (χ1) is 7.74. The Morgan fingerprint density at radius 2 is 2.12 bits per heavy atom. The van der Waals surface area contributed by atoms with Crippen molar-refractivity contribution in [3.63, 3.8) is 0 Å². The van der Waals surface area contributed by atoms with E-state index in [1.807, 2.05) is 6.07 Å². The Balaban J connectivity index is 2.38. The van der Waals surface area contributed by atoms with E-state index < -0.39 is 0 Å². The van der Waals surface area contributed by atoms with E-state index in [0.29, 0.717) is 11.5 Å². The number of phenolic OH excluding ortho intramolecular Hbond substituents is 1. The van der Waals surface area contributed by atoms with Crippen LogP contribution in [-0.2, 0) is 6.42 Å². The number of anilines is 1. The zero-order chi connectivity index (χ0) is 11.5. The average Bonchev–Trinajstić information content (AvgIpc) is 2.57. The molecule has 0 amide bonds. The molecule has 0 aliphatic carbocycles. The smallest absolute Gasteiger partial charge is 0.194 e. The average molecular weight is 219 g/mol. The molecular weight excluding hydrogens is 202 g/mol. The minimum atomic E-state index is 0.254. The lowest BCUT2D eigenvalue weighted by Gasteiger charge is -2.00. The topological polar surface area (TPSA) is 59.4 Å². The Morgan fingerprint density at radius 3 is 2.88 bits per heavy atom. The van der Waals surface area contributed by atoms with E-state index in [0.717, 1.165) is 23.8 Å². The van der Waals surface area contributed by atoms with Crippen LogP contribution in [0.25, 0.3) is 11.0 Å². The van der Waals surface area contributed by atoms with Gasteiger partial charge in [-0.15, -0.1) is 0 Å². The van der Waals surface area contributed by atoms with E-state index in [9.17, 15) is 5.11 Å². The molecule has 3 nitrogen and oxygen atoms in total. The lowest BCUT2D eigenvalue weighted by Crippen LogP contribution is -1.90. The molecule has 0 unspecified atom stereocenters. The number of phenols is 1. The minimum Gasteiger partial charge on any atom is -0.507 e. The first-order valence-corrected chi connectivity index (χ1v) is 5.73. The largest absolute Gasteiger partial charge is 0.507 e. The summed E-state index contributed by atoms with van der Waals surface area (Å²) in [4.78, 5) is 0. The fourth-order valence-electron chi connectivity index (χ4n) is 2.01. The fraction of sp³-hybridized carbons (Fsp3) is 0.385. The first-order valence-electron chi connectivity index (χ1n) is 5.73. The summed E-state index contributed by atoms with van der Waals surface area (Å²) in [6, 6.07) is 5.26. The van der Waals surface area contributed by atoms with Crippen molar-refractivity contribution in [3.05, 3.63) is 23.8 Å². The number of hydrogen-bond acceptors (Lipinski definition) is 3. The fourth-order valence-corrected chi connectivity index (χ4v) is 2.01. The molecule has 0 fully saturated rings. The van der Waals surface area contributed by atoms with Gasteiger partial charge in [0.2, 0.25) is 0 Å². The van der Waals surface area contributed by atoms with Crippen LogP contribution in [0.3, 0.4) is 0 Å². The highest BCUT2D eigenvalue weighted by Crippen LogP contribution is 2.35. The second-order valence-corrected chi connectivity index (χ2v) is 4.05. The van der Waals surface area contributed by atoms with E-state index in [4.69, 9.17) is 10.2 Å². The maximum atomic E-state index is 9.81. The normalized spacial score (nSPS) is 11.1. The number of hydrogen-bond donors (Lipinski definition) is 2. The molecule has 0 saturated carbocycles. The molecule has 0 bridgehead atoms. The van der Waals surface area contributed by atoms with E-state index in [1.54, 1.807) is 12.1 Å². The molecule has 1 heterocycles. The summed E-state index contributed by atoms with van der Waals surface area (Å²) in [6.45, 7) is 2.16. The van der Waals surface area contributed by atoms with Gasteiger partial charge in [-0.2, -0.15) is 0 Å². The Bertz CT molecular complexity index is 488. The first kappa shape index (κ1) is 10.9. The second-order valence-electron chi connectivity index (χ2n) is 4.05. The van der Waals surface area contributed by atoms with Crippen LogP contribution in [0.15, 0.2) is 22.6 Å². The van der Waals surface area contributed by atoms with Gasteiger partial charge in [-0.3, -0.25) is 0 Å². The summed E-state index contributed by atoms with van der Waals surface area (Å²) < 4.78 is 5.43. The highest BCUT2D eigenvalue weighted by molar-refractivity contribution is 5.90. The van der Waals surface area contributed by atoms with E-state index in [1.165, 1.54) is 12.8 Å². The van der Waals surface area contributed by atoms with E-state index >= 15 is 0 Å². The van der Waals surface area contributed by atoms with Gasteiger partial charge in [0, 0.05) is 5.56 Å². The third-order valence-corrected chi connectivity index (χ3v) is 2.85. The van der Waals surface area contributed by atoms with Gasteiger partial charge in [0.05, 0.1) is 5.39 Å². The number of unbranched alkanes of at least 4 members (excludes halogenated alkanes) is 2. The number of benzene rings is 1. The van der Waals surface area contributed by atoms with Gasteiger partial charge < -0.3 is 15.3 Å². The zero-order valence-electron chi connectivity index (χ0n) is 9.49. The quantitative estimate of drug-likeness (QED) is 0.774. The molecule has 16 heavy (non-hydrogen) atoms. The summed E-state index contributed by atoms with van der Waals surface area (Å²) in [5, 5.41) is 10.6. The molecule has 3 N–H and O–H groups in total. The minimum absolute atomic E-state index is 0.254. The van der Waals surface area contributed by atoms with Crippen LogP contribution in [0.2, 0.25) is 0 Å². The van der Waals surface area contributed by atoms with Crippen LogP contribution in [0, 0.1) is 0 Å². The van der Waals surface area contributed by atoms with Crippen molar-refractivity contribution in [2.75, 3.05) is 5.73 Å². The number of nitrogens with two attached hydrogens (primary N) is 1. The maximum Gasteiger partial charge on any atom is 0.194 e. The van der Waals surface area contributed by atoms with Crippen LogP contribution in [0.5, 0.6) is 5.75 Å². The molecule has 0 aliphatic rings. The molecule has 1 aromatic heterocycles. The van der Waals surface area contributed by atoms with Crippen molar-refractivity contribution in [1.82, 2.24) is 0 Å². The van der Waals surface area contributed by atoms with Gasteiger partial charge in [0.1, 0.15) is 11.3 Å². The van der Waals surface area contributed by atoms with Crippen molar-refractivity contribution in [1.29, 1.82) is 0 Å². The van der Waals surface area contributed by atoms with Gasteiger partial charge in [0.25, 0.3) is 0 Å². The molecular formula is C13H17NO2. The van der Waals surface area contributed by atoms with Crippen molar-refractivity contribution >= 4 is 16.9 Å². The summed E-state index contributed by atoms with van der Waals surface area (Å²) in [5.41, 5.74) is 7.44. The zero-order valence-corrected chi connectivity index (χ0v) is 9.49. The Kier molecular flexibility index (Phi) is 3.04. The number of rotatable bonds is 4. The SMILES string of the molecule is CCCCCc1c(N)oc2cccc(O)c12. The van der Waals surface area contributed by atoms with Crippen LogP contribution in [0.4, 0.5) is 5.88 Å². The third kappa shape index (κ3) is 1.85. The number of aromatic hydroxyl groups is 1. The van der Waals surface area contributed by atoms with Gasteiger partial charge >= 0.3 is 0 Å². The van der Waals surface area contributed by atoms with Crippen molar-refractivity contribution in [2.45, 2.75) is 32.6 Å². The predicted molar refractivity (Wildman–Crippen MR) is 65.5 cm³/mol. The van der Waals surface area contributed by atoms with Gasteiger partial charge in [-0.05, 0) is 25.0 Å². The Morgan fingerprint density at radius 1 is 1.31 bits per heavy atom. The van der Waals surface area contributed by atoms with Crippen molar-refractivity contribution < 1.29 is 9.52 Å². The molecule has 2 rings (SSSR count). The molecule has 0 spiro atoms. The highest BCUT2D eigenvalue weighted by atomic mass is 16.3. The number of fused-ring (bicyclic) bond motifs is 1. The van der Waals surface area contributed by atoms with E-state index in [2.05, 4.69) is 6.92 Å². The Labute approximate surface area is 94.9 Å². The molecule has 0 saturated heterocycles. The van der Waals surface area contributed by atoms with E-state index in [-0.39, 0.29) is 5.75 Å². The van der Waals surface area contributed by atoms with Gasteiger partial charge in [-0.1, -0.05) is 25.8 Å². The summed E-state index contributed by atoms with van der Waals surface area (Å²) in [7, 11) is 0. The summed E-state index contributed by atoms with van der Waals surface area (Å²) in [5.74, 6) is 0.692. The summed E-state index contributed by atoms with van der Waals surface area (Å²) in [6.07, 6.45) is 4.27. The monoisotopic (exact) mass is 219 g/mol. The molecule has 86 valence electrons. The number of nitrogen functional groups attached to an aromatic ring is 1. The highest BCUT2D eigenvalue weighted by Gasteiger charge is 2.14. The van der Waals surface area contributed by atoms with Crippen LogP contribution < -0.4 is 5.73 Å². The standard InChI is InChI=1S/C13H17NO2/c1-2-3-4-6-9-12-10(15)7-5-8-11(12)16-13(9)14/h5,7-8,15H,2-4,6,14H2,1H3. The third-order valence-electron chi connectivity index (χ3n) is 2.85. The molecule has 0 radical (unpaired) electrons. The molecule has 3 heteroatoms. The lowest BCUT2D eigenvalue weighted by atomic mass is 10.0. The van der Waals surface area contributed by atoms with Crippen LogP contribution in [0.1, 0.15) is 31.7 Å². The summed E-state index contributed by atoms with van der Waals surface area (Å²) >= 11 is 0. The molecule has 1 aromatic carbocycles. The Hall–Kier alpha value is -1.64. The molecule has 2 aromatic rings. The van der Waals surface area contributed by atoms with Gasteiger partial charge in [-0.25, -0.2) is 0 Å². The van der Waals surface area contributed by atoms with Crippen molar-refractivity contribution in [2.24, 2.45) is 0 Å². The second kappa shape index (κ2) is 4.47. The lowest BCUT2D eigenvalue weighted by molar-refractivity contribution is 0.481. The van der Waals surface area contributed by atoms with Crippen molar-refractivity contribution in [3.8, 4) is 5.75 Å². The van der Waals surface area contributed by atoms with Crippen LogP contribution >= 0.6 is 0 Å². The maximum absolute atomic E-state index is 9.81. The predicted octanol–water partition coefficient (Wildman–Crippen LogP) is 3.45. The molecule has 0 atom stereocenters. The number of furan rings is 1. The number of aryl methyl sites for hydroxylation is 1. The molecule has 0 aliphatic heterocycles. The van der Waals surface area contributed by atoms with Crippen LogP contribution in [-0.4, -0.2) is 5.11 Å². The van der Waals surface area contributed by atoms with Gasteiger partial charge in [0.15, 0.2) is 5.88 Å².